The number of halogens is 1. The summed E-state index contributed by atoms with van der Waals surface area (Å²) in [6.45, 7) is -0.274. The molecular formula is C19H23FN11O5S2+. The molecule has 19 heteroatoms. The van der Waals surface area contributed by atoms with Gasteiger partial charge in [0.15, 0.2) is 5.13 Å². The molecule has 2 atom stereocenters. The summed E-state index contributed by atoms with van der Waals surface area (Å²) in [6, 6.07) is -1.05. The second-order valence-corrected chi connectivity index (χ2v) is 10.6. The number of aromatic amines is 1. The molecule has 2 aliphatic rings. The number of carbonyl (C=O) groups is 3. The first-order valence-electron chi connectivity index (χ1n) is 10.9. The van der Waals surface area contributed by atoms with Gasteiger partial charge in [0.2, 0.25) is 17.4 Å². The Morgan fingerprint density at radius 3 is 2.87 bits per heavy atom. The van der Waals surface area contributed by atoms with Crippen LogP contribution in [-0.2, 0) is 25.8 Å². The number of carbonyl (C=O) groups excluding carboxylic acids is 2. The Morgan fingerprint density at radius 1 is 1.45 bits per heavy atom. The van der Waals surface area contributed by atoms with Crippen molar-refractivity contribution in [1.82, 2.24) is 40.2 Å². The van der Waals surface area contributed by atoms with Crippen molar-refractivity contribution in [2.24, 2.45) is 5.16 Å². The number of carboxylic acid groups (broad SMARTS) is 1. The van der Waals surface area contributed by atoms with Crippen molar-refractivity contribution in [3.05, 3.63) is 35.1 Å². The molecule has 4 heterocycles. The maximum Gasteiger partial charge on any atom is 0.352 e. The number of fused-ring (bicyclic) bond motifs is 1. The fourth-order valence-corrected chi connectivity index (χ4v) is 5.52. The van der Waals surface area contributed by atoms with Gasteiger partial charge in [-0.3, -0.25) is 14.5 Å². The van der Waals surface area contributed by atoms with Crippen molar-refractivity contribution in [2.45, 2.75) is 18.0 Å². The normalized spacial score (nSPS) is 19.9. The van der Waals surface area contributed by atoms with Crippen LogP contribution in [0.2, 0.25) is 0 Å². The van der Waals surface area contributed by atoms with Crippen LogP contribution in [0.25, 0.3) is 0 Å². The summed E-state index contributed by atoms with van der Waals surface area (Å²) in [5, 5.41) is 29.0. The van der Waals surface area contributed by atoms with Crippen LogP contribution in [0.3, 0.4) is 0 Å². The van der Waals surface area contributed by atoms with Gasteiger partial charge in [0.05, 0.1) is 20.6 Å². The Hall–Kier alpha value is -3.97. The Balaban J connectivity index is 1.46. The first-order chi connectivity index (χ1) is 18.1. The summed E-state index contributed by atoms with van der Waals surface area (Å²) >= 11 is 2.08. The van der Waals surface area contributed by atoms with E-state index in [0.717, 1.165) is 16.4 Å². The highest BCUT2D eigenvalue weighted by molar-refractivity contribution is 8.00. The average molecular weight is 569 g/mol. The maximum atomic E-state index is 13.0. The van der Waals surface area contributed by atoms with Crippen LogP contribution in [0, 0.1) is 0 Å². The summed E-state index contributed by atoms with van der Waals surface area (Å²) in [5.74, 6) is -2.16. The predicted molar refractivity (Wildman–Crippen MR) is 132 cm³/mol. The Kier molecular flexibility index (Phi) is 7.97. The van der Waals surface area contributed by atoms with E-state index in [9.17, 15) is 23.9 Å². The number of H-pyrrole nitrogens is 1. The molecule has 16 nitrogen and oxygen atoms in total. The van der Waals surface area contributed by atoms with Gasteiger partial charge >= 0.3 is 5.97 Å². The van der Waals surface area contributed by atoms with E-state index in [-0.39, 0.29) is 22.4 Å². The number of likely N-dealkylation sites (N-methyl/N-ethyl adjacent to an activating group) is 1. The number of hydrogen-bond donors (Lipinski definition) is 4. The first kappa shape index (κ1) is 27.1. The molecule has 0 aromatic carbocycles. The standard InChI is InChI=1S/C19H22FN11O5S2/c1-31(2,6-10-24-28-29-25-10)5-3-4-9-7-37-17-12(16(33)30(17)13(9)18(34)35)22-15(32)11(26-36-8-20)14-23-19(21)38-27-14/h3-4,12,17H,5-8H2,1-2H3,(H4-,21,22,23,24,25,27,28,29,32,34,35)/p+1/t12-,17+/m1/s1. The van der Waals surface area contributed by atoms with E-state index in [1.54, 1.807) is 6.08 Å². The number of anilines is 1. The number of tetrazole rings is 1. The maximum absolute atomic E-state index is 13.0. The molecule has 0 aliphatic carbocycles. The lowest BCUT2D eigenvalue weighted by Gasteiger charge is -2.49. The minimum Gasteiger partial charge on any atom is -0.477 e. The molecular weight excluding hydrogens is 545 g/mol. The molecule has 0 spiro atoms. The Morgan fingerprint density at radius 2 is 2.24 bits per heavy atom. The fourth-order valence-electron chi connectivity index (χ4n) is 3.76. The fraction of sp³-hybridized carbons (Fsp3) is 0.421. The minimum absolute atomic E-state index is 0.0447. The van der Waals surface area contributed by atoms with Crippen molar-refractivity contribution in [3.63, 3.8) is 0 Å². The smallest absolute Gasteiger partial charge is 0.352 e. The summed E-state index contributed by atoms with van der Waals surface area (Å²) in [4.78, 5) is 47.2. The number of aromatic nitrogens is 6. The highest BCUT2D eigenvalue weighted by atomic mass is 32.2. The second kappa shape index (κ2) is 11.2. The summed E-state index contributed by atoms with van der Waals surface area (Å²) in [6.07, 6.45) is 3.50. The molecule has 0 bridgehead atoms. The number of thioether (sulfide) groups is 1. The van der Waals surface area contributed by atoms with E-state index in [0.29, 0.717) is 29.0 Å². The van der Waals surface area contributed by atoms with Gasteiger partial charge in [-0.25, -0.2) is 9.18 Å². The molecule has 0 unspecified atom stereocenters. The number of allylic oxidation sites excluding steroid dienone is 1. The van der Waals surface area contributed by atoms with Crippen LogP contribution in [-0.4, -0.2) is 113 Å². The number of β-lactam (4-membered cyclic amide) rings is 1. The second-order valence-electron chi connectivity index (χ2n) is 8.68. The number of hydrogen-bond acceptors (Lipinski definition) is 13. The van der Waals surface area contributed by atoms with Crippen molar-refractivity contribution >= 4 is 51.9 Å². The minimum atomic E-state index is -1.30. The number of nitrogens with two attached hydrogens (primary N) is 1. The third-order valence-electron chi connectivity index (χ3n) is 5.44. The molecule has 2 amide bonds. The third kappa shape index (κ3) is 5.78. The van der Waals surface area contributed by atoms with Crippen LogP contribution in [0.4, 0.5) is 9.52 Å². The van der Waals surface area contributed by atoms with Crippen LogP contribution in [0.5, 0.6) is 0 Å². The summed E-state index contributed by atoms with van der Waals surface area (Å²) < 4.78 is 16.8. The highest BCUT2D eigenvalue weighted by Crippen LogP contribution is 2.40. The molecule has 0 saturated carbocycles. The number of nitrogen functional groups attached to an aromatic ring is 1. The summed E-state index contributed by atoms with van der Waals surface area (Å²) in [7, 11) is 3.91. The first-order valence-corrected chi connectivity index (χ1v) is 12.7. The van der Waals surface area contributed by atoms with Gasteiger partial charge in [-0.15, -0.1) is 22.0 Å². The Bertz CT molecular complexity index is 1310. The highest BCUT2D eigenvalue weighted by Gasteiger charge is 2.54. The number of alkyl halides is 1. The zero-order chi connectivity index (χ0) is 27.4. The number of nitrogens with zero attached hydrogens (tertiary/aromatic N) is 8. The lowest BCUT2D eigenvalue weighted by molar-refractivity contribution is -0.898. The third-order valence-corrected chi connectivity index (χ3v) is 7.28. The molecule has 38 heavy (non-hydrogen) atoms. The molecule has 2 aromatic rings. The van der Waals surface area contributed by atoms with Gasteiger partial charge in [-0.05, 0) is 16.9 Å². The van der Waals surface area contributed by atoms with Gasteiger partial charge in [-0.1, -0.05) is 11.2 Å². The van der Waals surface area contributed by atoms with E-state index in [4.69, 9.17) is 5.73 Å². The average Bonchev–Trinajstić information content (AvgIpc) is 3.53. The molecule has 1 saturated heterocycles. The zero-order valence-corrected chi connectivity index (χ0v) is 21.7. The van der Waals surface area contributed by atoms with Gasteiger partial charge in [0.1, 0.15) is 23.7 Å². The van der Waals surface area contributed by atoms with Crippen LogP contribution in [0.1, 0.15) is 11.6 Å². The van der Waals surface area contributed by atoms with E-state index in [2.05, 4.69) is 45.3 Å². The Labute approximate surface area is 222 Å². The van der Waals surface area contributed by atoms with Crippen LogP contribution >= 0.6 is 23.3 Å². The molecule has 5 N–H and O–H groups in total. The number of oxime groups is 1. The van der Waals surface area contributed by atoms with Gasteiger partial charge < -0.3 is 25.5 Å². The molecule has 202 valence electrons. The number of nitrogens with one attached hydrogen (secondary N) is 2. The van der Waals surface area contributed by atoms with Crippen LogP contribution < -0.4 is 11.1 Å². The van der Waals surface area contributed by atoms with E-state index in [1.807, 2.05) is 20.2 Å². The SMILES string of the molecule is C[N+](C)(CC=CC1=C(C(=O)O)N2C(=O)[C@@H](NC(=O)C(=NOCF)c3nsc(N)n3)[C@@H]2SC1)Cc1nn[nH]n1. The largest absolute Gasteiger partial charge is 0.477 e. The zero-order valence-electron chi connectivity index (χ0n) is 20.1. The molecule has 0 radical (unpaired) electrons. The summed E-state index contributed by atoms with van der Waals surface area (Å²) in [5.41, 5.74) is 5.37. The number of rotatable bonds is 11. The predicted octanol–water partition coefficient (Wildman–Crippen LogP) is -1.15. The van der Waals surface area contributed by atoms with Gasteiger partial charge in [0, 0.05) is 17.3 Å². The molecule has 4 rings (SSSR count). The monoisotopic (exact) mass is 568 g/mol. The van der Waals surface area contributed by atoms with E-state index >= 15 is 0 Å². The van der Waals surface area contributed by atoms with Crippen molar-refractivity contribution in [3.8, 4) is 0 Å². The van der Waals surface area contributed by atoms with Crippen LogP contribution in [0.15, 0.2) is 28.6 Å². The van der Waals surface area contributed by atoms with E-state index in [1.165, 1.54) is 11.8 Å². The molecule has 2 aliphatic heterocycles. The lowest BCUT2D eigenvalue weighted by atomic mass is 10.0. The van der Waals surface area contributed by atoms with Crippen molar-refractivity contribution in [2.75, 3.05) is 39.0 Å². The topological polar surface area (TPSA) is 215 Å². The van der Waals surface area contributed by atoms with Crippen molar-refractivity contribution in [1.29, 1.82) is 0 Å². The molecule has 1 fully saturated rings. The lowest BCUT2D eigenvalue weighted by Crippen LogP contribution is -2.71. The quantitative estimate of drug-likeness (QED) is 0.109. The number of carboxylic acids is 1. The van der Waals surface area contributed by atoms with Crippen molar-refractivity contribution < 1.29 is 33.2 Å². The van der Waals surface area contributed by atoms with Gasteiger partial charge in [0.25, 0.3) is 18.7 Å². The molecule has 2 aromatic heterocycles. The van der Waals surface area contributed by atoms with E-state index < -0.39 is 41.8 Å². The number of quaternary nitrogens is 1. The number of amides is 2. The van der Waals surface area contributed by atoms with Gasteiger partial charge in [-0.2, -0.15) is 14.6 Å². The number of aliphatic carboxylic acids is 1.